The average Bonchev–Trinajstić information content (AvgIpc) is 3.05. The van der Waals surface area contributed by atoms with Crippen LogP contribution in [-0.4, -0.2) is 30.1 Å². The molecule has 0 aliphatic rings. The highest BCUT2D eigenvalue weighted by Crippen LogP contribution is 2.27. The van der Waals surface area contributed by atoms with Gasteiger partial charge in [0.1, 0.15) is 11.4 Å². The van der Waals surface area contributed by atoms with Gasteiger partial charge < -0.3 is 20.7 Å². The summed E-state index contributed by atoms with van der Waals surface area (Å²) in [4.78, 5) is 40.2. The Balaban J connectivity index is 1.30. The van der Waals surface area contributed by atoms with Crippen LogP contribution in [0.25, 0.3) is 16.8 Å². The maximum atomic E-state index is 13.5. The van der Waals surface area contributed by atoms with E-state index in [0.717, 1.165) is 21.2 Å². The van der Waals surface area contributed by atoms with Crippen molar-refractivity contribution in [2.75, 3.05) is 17.7 Å². The van der Waals surface area contributed by atoms with Crippen LogP contribution < -0.4 is 20.7 Å². The number of thioether (sulfide) groups is 1. The predicted molar refractivity (Wildman–Crippen MR) is 178 cm³/mol. The minimum absolute atomic E-state index is 0.108. The molecule has 3 amide bonds. The van der Waals surface area contributed by atoms with Crippen LogP contribution in [0, 0.1) is 0 Å². The lowest BCUT2D eigenvalue weighted by Crippen LogP contribution is -2.30. The van der Waals surface area contributed by atoms with E-state index in [0.29, 0.717) is 22.7 Å². The smallest absolute Gasteiger partial charge is 0.272 e. The number of ether oxygens (including phenoxy) is 1. The van der Waals surface area contributed by atoms with Crippen molar-refractivity contribution < 1.29 is 19.1 Å². The molecule has 1 unspecified atom stereocenters. The van der Waals surface area contributed by atoms with Crippen molar-refractivity contribution in [1.29, 1.82) is 0 Å². The van der Waals surface area contributed by atoms with Gasteiger partial charge in [-0.3, -0.25) is 14.4 Å². The number of carbonyl (C=O) groups is 3. The number of nitrogens with one attached hydrogen (secondary N) is 3. The number of fused-ring (bicyclic) bond motifs is 1. The number of benzene rings is 5. The van der Waals surface area contributed by atoms with Gasteiger partial charge in [0.2, 0.25) is 5.91 Å². The van der Waals surface area contributed by atoms with Gasteiger partial charge in [-0.2, -0.15) is 0 Å². The highest BCUT2D eigenvalue weighted by molar-refractivity contribution is 8.00. The molecule has 44 heavy (non-hydrogen) atoms. The Morgan fingerprint density at radius 3 is 2.23 bits per heavy atom. The fourth-order valence-corrected chi connectivity index (χ4v) is 5.36. The first-order valence-corrected chi connectivity index (χ1v) is 14.9. The molecule has 5 aromatic carbocycles. The first kappa shape index (κ1) is 30.1. The third kappa shape index (κ3) is 7.73. The highest BCUT2D eigenvalue weighted by atomic mass is 32.2. The van der Waals surface area contributed by atoms with Gasteiger partial charge in [-0.25, -0.2) is 0 Å². The Bertz CT molecular complexity index is 1820. The monoisotopic (exact) mass is 601 g/mol. The highest BCUT2D eigenvalue weighted by Gasteiger charge is 2.17. The zero-order valence-electron chi connectivity index (χ0n) is 24.2. The van der Waals surface area contributed by atoms with Crippen LogP contribution in [0.1, 0.15) is 22.8 Å². The molecule has 1 atom stereocenters. The number of rotatable bonds is 10. The summed E-state index contributed by atoms with van der Waals surface area (Å²) in [6.07, 6.45) is 1.69. The number of carbonyl (C=O) groups excluding carboxylic acids is 3. The molecule has 8 heteroatoms. The molecule has 0 fully saturated rings. The van der Waals surface area contributed by atoms with Crippen LogP contribution in [0.2, 0.25) is 0 Å². The molecule has 5 aromatic rings. The van der Waals surface area contributed by atoms with Crippen molar-refractivity contribution in [3.63, 3.8) is 0 Å². The third-order valence-corrected chi connectivity index (χ3v) is 7.90. The van der Waals surface area contributed by atoms with Crippen molar-refractivity contribution in [1.82, 2.24) is 5.32 Å². The lowest BCUT2D eigenvalue weighted by Gasteiger charge is -2.14. The Labute approximate surface area is 260 Å². The average molecular weight is 602 g/mol. The fraction of sp³-hybridized carbons (Fsp3) is 0.0833. The van der Waals surface area contributed by atoms with E-state index in [1.807, 2.05) is 79.7 Å². The van der Waals surface area contributed by atoms with Gasteiger partial charge in [0.15, 0.2) is 0 Å². The quantitative estimate of drug-likeness (QED) is 0.115. The molecule has 0 radical (unpaired) electrons. The van der Waals surface area contributed by atoms with E-state index in [-0.39, 0.29) is 22.8 Å². The maximum absolute atomic E-state index is 13.5. The summed E-state index contributed by atoms with van der Waals surface area (Å²) < 4.78 is 5.22. The van der Waals surface area contributed by atoms with Crippen LogP contribution in [0.4, 0.5) is 11.4 Å². The largest absolute Gasteiger partial charge is 0.497 e. The number of methoxy groups -OCH3 is 1. The Hall–Kier alpha value is -5.34. The SMILES string of the molecule is COc1cccc(NC(=O)C(C)Sc2ccc(NC(=O)/C(=C/c3cccc4ccccc34)NC(=O)c3ccccc3)cc2)c1. The number of anilines is 2. The third-order valence-electron chi connectivity index (χ3n) is 6.78. The predicted octanol–water partition coefficient (Wildman–Crippen LogP) is 7.38. The van der Waals surface area contributed by atoms with Gasteiger partial charge in [-0.15, -0.1) is 11.8 Å². The molecular weight excluding hydrogens is 570 g/mol. The summed E-state index contributed by atoms with van der Waals surface area (Å²) in [5.74, 6) is -0.331. The van der Waals surface area contributed by atoms with Gasteiger partial charge >= 0.3 is 0 Å². The minimum atomic E-state index is -0.464. The molecule has 0 saturated carbocycles. The molecule has 0 aliphatic carbocycles. The summed E-state index contributed by atoms with van der Waals surface area (Å²) in [6, 6.07) is 36.8. The molecule has 220 valence electrons. The minimum Gasteiger partial charge on any atom is -0.497 e. The van der Waals surface area contributed by atoms with Gasteiger partial charge in [-0.05, 0) is 77.9 Å². The van der Waals surface area contributed by atoms with E-state index in [1.54, 1.807) is 61.7 Å². The fourth-order valence-electron chi connectivity index (χ4n) is 4.49. The molecule has 0 aliphatic heterocycles. The van der Waals surface area contributed by atoms with Gasteiger partial charge in [0.05, 0.1) is 12.4 Å². The van der Waals surface area contributed by atoms with E-state index in [1.165, 1.54) is 11.8 Å². The molecule has 0 spiro atoms. The lowest BCUT2D eigenvalue weighted by molar-refractivity contribution is -0.115. The summed E-state index contributed by atoms with van der Waals surface area (Å²) in [5.41, 5.74) is 2.55. The summed E-state index contributed by atoms with van der Waals surface area (Å²) >= 11 is 1.40. The Morgan fingerprint density at radius 1 is 0.750 bits per heavy atom. The molecule has 5 rings (SSSR count). The van der Waals surface area contributed by atoms with Crippen LogP contribution in [0.3, 0.4) is 0 Å². The van der Waals surface area contributed by atoms with E-state index in [9.17, 15) is 14.4 Å². The van der Waals surface area contributed by atoms with Crippen LogP contribution in [-0.2, 0) is 9.59 Å². The summed E-state index contributed by atoms with van der Waals surface area (Å²) in [6.45, 7) is 1.83. The second kappa shape index (κ2) is 14.2. The van der Waals surface area contributed by atoms with E-state index in [4.69, 9.17) is 4.74 Å². The molecular formula is C36H31N3O4S. The molecule has 0 aromatic heterocycles. The van der Waals surface area contributed by atoms with Crippen molar-refractivity contribution in [2.24, 2.45) is 0 Å². The second-order valence-corrected chi connectivity index (χ2v) is 11.3. The zero-order chi connectivity index (χ0) is 30.9. The summed E-state index contributed by atoms with van der Waals surface area (Å²) in [5, 5.41) is 10.2. The number of amides is 3. The number of hydrogen-bond acceptors (Lipinski definition) is 5. The van der Waals surface area contributed by atoms with Gasteiger partial charge in [-0.1, -0.05) is 66.7 Å². The van der Waals surface area contributed by atoms with Gasteiger partial charge in [0.25, 0.3) is 11.8 Å². The van der Waals surface area contributed by atoms with Crippen molar-refractivity contribution in [3.05, 3.63) is 138 Å². The number of hydrogen-bond donors (Lipinski definition) is 3. The standard InChI is InChI=1S/C36H31N3O4S/c1-24(34(40)38-29-15-9-16-30(23-29)43-2)44-31-20-18-28(19-21-31)37-36(42)33(39-35(41)26-11-4-3-5-12-26)22-27-14-8-13-25-10-6-7-17-32(25)27/h3-24H,1-2H3,(H,37,42)(H,38,40)(H,39,41)/b33-22-. The van der Waals surface area contributed by atoms with Crippen molar-refractivity contribution >= 4 is 57.7 Å². The molecule has 3 N–H and O–H groups in total. The first-order valence-electron chi connectivity index (χ1n) is 14.0. The topological polar surface area (TPSA) is 96.5 Å². The second-order valence-electron chi connectivity index (χ2n) is 9.91. The normalized spacial score (nSPS) is 11.8. The maximum Gasteiger partial charge on any atom is 0.272 e. The van der Waals surface area contributed by atoms with E-state index >= 15 is 0 Å². The molecule has 0 bridgehead atoms. The molecule has 0 heterocycles. The summed E-state index contributed by atoms with van der Waals surface area (Å²) in [7, 11) is 1.58. The van der Waals surface area contributed by atoms with Crippen molar-refractivity contribution in [3.8, 4) is 5.75 Å². The van der Waals surface area contributed by atoms with Crippen LogP contribution in [0.15, 0.2) is 132 Å². The lowest BCUT2D eigenvalue weighted by atomic mass is 10.0. The Morgan fingerprint density at radius 2 is 1.45 bits per heavy atom. The van der Waals surface area contributed by atoms with Crippen LogP contribution in [0.5, 0.6) is 5.75 Å². The van der Waals surface area contributed by atoms with E-state index in [2.05, 4.69) is 16.0 Å². The zero-order valence-corrected chi connectivity index (χ0v) is 25.1. The molecule has 7 nitrogen and oxygen atoms in total. The van der Waals surface area contributed by atoms with Gasteiger partial charge in [0, 0.05) is 27.9 Å². The van der Waals surface area contributed by atoms with E-state index < -0.39 is 5.91 Å². The first-order chi connectivity index (χ1) is 21.4. The Kier molecular flexibility index (Phi) is 9.74. The molecule has 0 saturated heterocycles. The van der Waals surface area contributed by atoms with Crippen LogP contribution >= 0.6 is 11.8 Å². The van der Waals surface area contributed by atoms with Crippen molar-refractivity contribution in [2.45, 2.75) is 17.1 Å².